The van der Waals surface area contributed by atoms with E-state index < -0.39 is 27.9 Å². The van der Waals surface area contributed by atoms with Crippen molar-refractivity contribution < 1.29 is 22.7 Å². The molecule has 0 bridgehead atoms. The molecule has 0 heterocycles. The molecule has 1 atom stereocenters. The normalized spacial score (nSPS) is 12.1. The van der Waals surface area contributed by atoms with Crippen LogP contribution in [0.25, 0.3) is 0 Å². The van der Waals surface area contributed by atoms with Crippen molar-refractivity contribution >= 4 is 27.6 Å². The quantitative estimate of drug-likeness (QED) is 0.615. The van der Waals surface area contributed by atoms with E-state index in [1.807, 2.05) is 26.0 Å². The Labute approximate surface area is 178 Å². The van der Waals surface area contributed by atoms with Crippen LogP contribution in [0.2, 0.25) is 0 Å². The molecule has 2 aromatic rings. The van der Waals surface area contributed by atoms with Gasteiger partial charge in [-0.25, -0.2) is 13.2 Å². The lowest BCUT2D eigenvalue weighted by Crippen LogP contribution is -2.41. The lowest BCUT2D eigenvalue weighted by atomic mass is 10.2. The fourth-order valence-electron chi connectivity index (χ4n) is 2.78. The Morgan fingerprint density at radius 3 is 2.07 bits per heavy atom. The second-order valence-electron chi connectivity index (χ2n) is 7.02. The number of carbonyl (C=O) groups excluding carboxylic acids is 2. The van der Waals surface area contributed by atoms with Crippen molar-refractivity contribution in [3.63, 3.8) is 0 Å². The van der Waals surface area contributed by atoms with Crippen molar-refractivity contribution in [2.24, 2.45) is 0 Å². The van der Waals surface area contributed by atoms with Gasteiger partial charge < -0.3 is 10.1 Å². The molecule has 0 aliphatic heterocycles. The highest BCUT2D eigenvalue weighted by Gasteiger charge is 2.26. The van der Waals surface area contributed by atoms with E-state index >= 15 is 0 Å². The Balaban J connectivity index is 2.22. The topological polar surface area (TPSA) is 92.8 Å². The molecule has 0 spiro atoms. The minimum Gasteiger partial charge on any atom is -0.464 e. The van der Waals surface area contributed by atoms with Crippen molar-refractivity contribution in [2.75, 3.05) is 17.5 Å². The summed E-state index contributed by atoms with van der Waals surface area (Å²) >= 11 is 0. The number of nitrogens with one attached hydrogen (secondary N) is 1. The van der Waals surface area contributed by atoms with Gasteiger partial charge in [-0.2, -0.15) is 0 Å². The summed E-state index contributed by atoms with van der Waals surface area (Å²) in [5.74, 6) is -0.972. The Morgan fingerprint density at radius 2 is 1.53 bits per heavy atom. The number of carbonyl (C=O) groups is 2. The zero-order chi connectivity index (χ0) is 22.3. The van der Waals surface area contributed by atoms with Crippen LogP contribution < -0.4 is 9.62 Å². The molecule has 0 fully saturated rings. The van der Waals surface area contributed by atoms with Gasteiger partial charge in [-0.05, 0) is 52.0 Å². The fourth-order valence-corrected chi connectivity index (χ4v) is 4.24. The first kappa shape index (κ1) is 23.4. The zero-order valence-electron chi connectivity index (χ0n) is 17.7. The molecule has 162 valence electrons. The second-order valence-corrected chi connectivity index (χ2v) is 8.88. The number of anilines is 1. The summed E-state index contributed by atoms with van der Waals surface area (Å²) in [6.07, 6.45) is -0.108. The molecule has 30 heavy (non-hydrogen) atoms. The average molecular weight is 433 g/mol. The maximum absolute atomic E-state index is 13.3. The molecule has 0 aliphatic rings. The van der Waals surface area contributed by atoms with Crippen LogP contribution in [-0.2, 0) is 24.3 Å². The molecule has 2 aromatic carbocycles. The minimum absolute atomic E-state index is 0.0688. The van der Waals surface area contributed by atoms with Gasteiger partial charge in [-0.3, -0.25) is 9.10 Å². The molecule has 1 amide bonds. The summed E-state index contributed by atoms with van der Waals surface area (Å²) < 4.78 is 32.6. The molecule has 8 heteroatoms. The van der Waals surface area contributed by atoms with E-state index in [-0.39, 0.29) is 24.5 Å². The monoisotopic (exact) mass is 432 g/mol. The zero-order valence-corrected chi connectivity index (χ0v) is 18.5. The van der Waals surface area contributed by atoms with Crippen LogP contribution in [0.3, 0.4) is 0 Å². The van der Waals surface area contributed by atoms with Crippen LogP contribution in [0.15, 0.2) is 53.4 Å². The summed E-state index contributed by atoms with van der Waals surface area (Å²) in [5.41, 5.74) is 2.41. The van der Waals surface area contributed by atoms with E-state index in [1.54, 1.807) is 43.3 Å². The largest absolute Gasteiger partial charge is 0.464 e. The Morgan fingerprint density at radius 1 is 1.00 bits per heavy atom. The highest BCUT2D eigenvalue weighted by Crippen LogP contribution is 2.24. The van der Waals surface area contributed by atoms with Crippen LogP contribution in [-0.4, -0.2) is 39.5 Å². The van der Waals surface area contributed by atoms with Crippen molar-refractivity contribution in [1.82, 2.24) is 5.32 Å². The predicted octanol–water partition coefficient (Wildman–Crippen LogP) is 2.96. The first-order valence-corrected chi connectivity index (χ1v) is 11.2. The number of benzene rings is 2. The van der Waals surface area contributed by atoms with E-state index in [4.69, 9.17) is 4.74 Å². The molecule has 0 saturated heterocycles. The molecule has 0 radical (unpaired) electrons. The van der Waals surface area contributed by atoms with E-state index in [1.165, 1.54) is 11.2 Å². The van der Waals surface area contributed by atoms with Gasteiger partial charge in [0.2, 0.25) is 5.91 Å². The summed E-state index contributed by atoms with van der Waals surface area (Å²) in [4.78, 5) is 24.2. The smallest absolute Gasteiger partial charge is 0.328 e. The van der Waals surface area contributed by atoms with Crippen LogP contribution in [0.1, 0.15) is 31.4 Å². The third-order valence-electron chi connectivity index (χ3n) is 4.49. The minimum atomic E-state index is -3.87. The maximum Gasteiger partial charge on any atom is 0.328 e. The first-order chi connectivity index (χ1) is 14.1. The van der Waals surface area contributed by atoms with Crippen molar-refractivity contribution in [2.45, 2.75) is 45.1 Å². The van der Waals surface area contributed by atoms with Crippen molar-refractivity contribution in [1.29, 1.82) is 0 Å². The number of hydrogen-bond acceptors (Lipinski definition) is 5. The SMILES string of the molecule is CCOC(=O)C(C)NC(=O)CCN(c1ccc(C)cc1)S(=O)(=O)c1ccc(C)cc1. The summed E-state index contributed by atoms with van der Waals surface area (Å²) in [5, 5.41) is 2.54. The van der Waals surface area contributed by atoms with Gasteiger partial charge in [0.25, 0.3) is 10.0 Å². The molecule has 0 saturated carbocycles. The number of amides is 1. The summed E-state index contributed by atoms with van der Waals surface area (Å²) in [6, 6.07) is 12.8. The number of rotatable bonds is 9. The van der Waals surface area contributed by atoms with Crippen LogP contribution in [0.5, 0.6) is 0 Å². The van der Waals surface area contributed by atoms with E-state index in [9.17, 15) is 18.0 Å². The Hall–Kier alpha value is -2.87. The van der Waals surface area contributed by atoms with E-state index in [2.05, 4.69) is 5.32 Å². The standard InChI is InChI=1S/C22H28N2O5S/c1-5-29-22(26)18(4)23-21(25)14-15-24(19-10-6-16(2)7-11-19)30(27,28)20-12-8-17(3)9-13-20/h6-13,18H,5,14-15H2,1-4H3,(H,23,25). The van der Waals surface area contributed by atoms with Crippen molar-refractivity contribution in [3.8, 4) is 0 Å². The van der Waals surface area contributed by atoms with Gasteiger partial charge >= 0.3 is 5.97 Å². The number of esters is 1. The van der Waals surface area contributed by atoms with Gasteiger partial charge in [-0.15, -0.1) is 0 Å². The van der Waals surface area contributed by atoms with Crippen LogP contribution >= 0.6 is 0 Å². The second kappa shape index (κ2) is 10.2. The fraction of sp³-hybridized carbons (Fsp3) is 0.364. The van der Waals surface area contributed by atoms with Gasteiger partial charge in [-0.1, -0.05) is 35.4 Å². The molecular formula is C22H28N2O5S. The van der Waals surface area contributed by atoms with Gasteiger partial charge in [0.1, 0.15) is 6.04 Å². The van der Waals surface area contributed by atoms with Gasteiger partial charge in [0.05, 0.1) is 17.2 Å². The number of hydrogen-bond donors (Lipinski definition) is 1. The molecule has 1 N–H and O–H groups in total. The number of aryl methyl sites for hydroxylation is 2. The molecule has 2 rings (SSSR count). The van der Waals surface area contributed by atoms with Crippen molar-refractivity contribution in [3.05, 3.63) is 59.7 Å². The number of ether oxygens (including phenoxy) is 1. The lowest BCUT2D eigenvalue weighted by Gasteiger charge is -2.25. The highest BCUT2D eigenvalue weighted by molar-refractivity contribution is 7.92. The molecular weight excluding hydrogens is 404 g/mol. The lowest BCUT2D eigenvalue weighted by molar-refractivity contribution is -0.146. The molecule has 1 unspecified atom stereocenters. The van der Waals surface area contributed by atoms with Crippen LogP contribution in [0.4, 0.5) is 5.69 Å². The van der Waals surface area contributed by atoms with Crippen LogP contribution in [0, 0.1) is 13.8 Å². The number of nitrogens with zero attached hydrogens (tertiary/aromatic N) is 1. The third-order valence-corrected chi connectivity index (χ3v) is 6.33. The molecule has 0 aliphatic carbocycles. The summed E-state index contributed by atoms with van der Waals surface area (Å²) in [7, 11) is -3.87. The van der Waals surface area contributed by atoms with E-state index in [0.29, 0.717) is 5.69 Å². The Bertz CT molecular complexity index is 970. The average Bonchev–Trinajstić information content (AvgIpc) is 2.69. The molecule has 0 aromatic heterocycles. The Kier molecular flexibility index (Phi) is 8.00. The predicted molar refractivity (Wildman–Crippen MR) is 116 cm³/mol. The van der Waals surface area contributed by atoms with Gasteiger partial charge in [0.15, 0.2) is 0 Å². The third kappa shape index (κ3) is 6.06. The van der Waals surface area contributed by atoms with E-state index in [0.717, 1.165) is 11.1 Å². The molecule has 7 nitrogen and oxygen atoms in total. The number of sulfonamides is 1. The highest BCUT2D eigenvalue weighted by atomic mass is 32.2. The van der Waals surface area contributed by atoms with Gasteiger partial charge in [0, 0.05) is 13.0 Å². The maximum atomic E-state index is 13.3. The summed E-state index contributed by atoms with van der Waals surface area (Å²) in [6.45, 7) is 7.14. The first-order valence-electron chi connectivity index (χ1n) is 9.77.